The van der Waals surface area contributed by atoms with Crippen molar-refractivity contribution >= 4 is 23.6 Å². The number of amides is 4. The van der Waals surface area contributed by atoms with Crippen LogP contribution in [-0.2, 0) is 19.2 Å². The molecule has 0 aromatic rings. The molecule has 0 spiro atoms. The van der Waals surface area contributed by atoms with Gasteiger partial charge in [-0.2, -0.15) is 0 Å². The molecule has 1 saturated heterocycles. The molecule has 0 unspecified atom stereocenters. The Morgan fingerprint density at radius 2 is 1.85 bits per heavy atom. The van der Waals surface area contributed by atoms with Crippen LogP contribution in [0.4, 0.5) is 0 Å². The van der Waals surface area contributed by atoms with Crippen molar-refractivity contribution in [3.63, 3.8) is 0 Å². The Kier molecular flexibility index (Phi) is 5.03. The van der Waals surface area contributed by atoms with Gasteiger partial charge in [0.1, 0.15) is 12.2 Å². The Morgan fingerprint density at radius 3 is 2.35 bits per heavy atom. The van der Waals surface area contributed by atoms with Crippen LogP contribution in [0, 0.1) is 0 Å². The minimum atomic E-state index is -0.771. The molecule has 0 aromatic heterocycles. The molecule has 9 heteroatoms. The molecular formula is C11H19N5O4. The van der Waals surface area contributed by atoms with Gasteiger partial charge in [-0.05, 0) is 13.8 Å². The van der Waals surface area contributed by atoms with Gasteiger partial charge >= 0.3 is 0 Å². The molecule has 0 bridgehead atoms. The van der Waals surface area contributed by atoms with Crippen LogP contribution in [-0.4, -0.2) is 60.4 Å². The maximum Gasteiger partial charge on any atom is 0.244 e. The summed E-state index contributed by atoms with van der Waals surface area (Å²) < 4.78 is 0. The highest BCUT2D eigenvalue weighted by molar-refractivity contribution is 5.92. The minimum absolute atomic E-state index is 0.0361. The Bertz CT molecular complexity index is 435. The van der Waals surface area contributed by atoms with Gasteiger partial charge in [-0.3, -0.25) is 19.2 Å². The van der Waals surface area contributed by atoms with Crippen molar-refractivity contribution in [1.82, 2.24) is 20.9 Å². The summed E-state index contributed by atoms with van der Waals surface area (Å²) in [6.07, 6.45) is 0. The van der Waals surface area contributed by atoms with E-state index < -0.39 is 17.5 Å². The second kappa shape index (κ2) is 6.33. The fraction of sp³-hybridized carbons (Fsp3) is 0.636. The van der Waals surface area contributed by atoms with Gasteiger partial charge in [0.25, 0.3) is 0 Å². The highest BCUT2D eigenvalue weighted by atomic mass is 16.2. The number of carbonyl (C=O) groups is 4. The van der Waals surface area contributed by atoms with E-state index in [1.165, 1.54) is 4.90 Å². The van der Waals surface area contributed by atoms with Crippen LogP contribution >= 0.6 is 0 Å². The SMILES string of the molecule is CC1(C)NC(=O)CN1C(=O)CNC(=O)CNC(=O)CN. The summed E-state index contributed by atoms with van der Waals surface area (Å²) in [7, 11) is 0. The minimum Gasteiger partial charge on any atom is -0.346 e. The van der Waals surface area contributed by atoms with Gasteiger partial charge < -0.3 is 26.6 Å². The molecule has 1 heterocycles. The third-order valence-electron chi connectivity index (χ3n) is 2.79. The Balaban J connectivity index is 2.38. The Labute approximate surface area is 116 Å². The van der Waals surface area contributed by atoms with Crippen LogP contribution in [0.25, 0.3) is 0 Å². The predicted molar refractivity (Wildman–Crippen MR) is 69.0 cm³/mol. The maximum atomic E-state index is 11.9. The van der Waals surface area contributed by atoms with E-state index in [4.69, 9.17) is 5.73 Å². The first-order valence-electron chi connectivity index (χ1n) is 6.11. The first-order chi connectivity index (χ1) is 9.26. The standard InChI is InChI=1S/C11H19N5O4/c1-11(2)15-9(19)6-16(11)10(20)5-14-8(18)4-13-7(17)3-12/h3-6,12H2,1-2H3,(H,13,17)(H,14,18)(H,15,19). The lowest BCUT2D eigenvalue weighted by Crippen LogP contribution is -2.52. The van der Waals surface area contributed by atoms with Crippen LogP contribution in [0.15, 0.2) is 0 Å². The number of carbonyl (C=O) groups excluding carboxylic acids is 4. The number of nitrogens with one attached hydrogen (secondary N) is 3. The van der Waals surface area contributed by atoms with Crippen molar-refractivity contribution in [3.05, 3.63) is 0 Å². The normalized spacial score (nSPS) is 16.6. The van der Waals surface area contributed by atoms with E-state index >= 15 is 0 Å². The zero-order valence-corrected chi connectivity index (χ0v) is 11.5. The van der Waals surface area contributed by atoms with E-state index in [-0.39, 0.29) is 38.0 Å². The lowest BCUT2D eigenvalue weighted by atomic mass is 10.2. The zero-order chi connectivity index (χ0) is 15.3. The number of nitrogens with zero attached hydrogens (tertiary/aromatic N) is 1. The summed E-state index contributed by atoms with van der Waals surface area (Å²) in [5.74, 6) is -1.59. The molecule has 1 fully saturated rings. The second-order valence-electron chi connectivity index (χ2n) is 4.84. The molecule has 0 aliphatic carbocycles. The van der Waals surface area contributed by atoms with Crippen molar-refractivity contribution in [2.75, 3.05) is 26.2 Å². The first kappa shape index (κ1) is 15.9. The molecule has 0 radical (unpaired) electrons. The highest BCUT2D eigenvalue weighted by Gasteiger charge is 2.39. The van der Waals surface area contributed by atoms with Crippen LogP contribution in [0.2, 0.25) is 0 Å². The van der Waals surface area contributed by atoms with Gasteiger partial charge in [-0.25, -0.2) is 0 Å². The average molecular weight is 285 g/mol. The molecule has 5 N–H and O–H groups in total. The molecule has 112 valence electrons. The van der Waals surface area contributed by atoms with E-state index in [0.29, 0.717) is 0 Å². The van der Waals surface area contributed by atoms with Crippen molar-refractivity contribution in [2.24, 2.45) is 5.73 Å². The second-order valence-corrected chi connectivity index (χ2v) is 4.84. The largest absolute Gasteiger partial charge is 0.346 e. The Hall–Kier alpha value is -2.16. The van der Waals surface area contributed by atoms with E-state index in [2.05, 4.69) is 16.0 Å². The summed E-state index contributed by atoms with van der Waals surface area (Å²) in [6.45, 7) is 2.66. The topological polar surface area (TPSA) is 134 Å². The van der Waals surface area contributed by atoms with Gasteiger partial charge in [-0.15, -0.1) is 0 Å². The summed E-state index contributed by atoms with van der Waals surface area (Å²) in [4.78, 5) is 46.8. The van der Waals surface area contributed by atoms with E-state index in [1.54, 1.807) is 13.8 Å². The summed E-state index contributed by atoms with van der Waals surface area (Å²) in [5.41, 5.74) is 4.29. The van der Waals surface area contributed by atoms with E-state index in [9.17, 15) is 19.2 Å². The predicted octanol–water partition coefficient (Wildman–Crippen LogP) is -3.13. The first-order valence-corrected chi connectivity index (χ1v) is 6.11. The molecule has 0 aromatic carbocycles. The van der Waals surface area contributed by atoms with Crippen LogP contribution < -0.4 is 21.7 Å². The number of rotatable bonds is 5. The van der Waals surface area contributed by atoms with Gasteiger partial charge in [-0.1, -0.05) is 0 Å². The van der Waals surface area contributed by atoms with Crippen molar-refractivity contribution in [2.45, 2.75) is 19.5 Å². The molecule has 1 aliphatic rings. The van der Waals surface area contributed by atoms with Gasteiger partial charge in [0.15, 0.2) is 0 Å². The lowest BCUT2D eigenvalue weighted by Gasteiger charge is -2.30. The number of nitrogens with two attached hydrogens (primary N) is 1. The van der Waals surface area contributed by atoms with Crippen LogP contribution in [0.5, 0.6) is 0 Å². The quantitative estimate of drug-likeness (QED) is 0.424. The third kappa shape index (κ3) is 4.19. The van der Waals surface area contributed by atoms with Gasteiger partial charge in [0.05, 0.1) is 19.6 Å². The number of hydrogen-bond donors (Lipinski definition) is 4. The maximum absolute atomic E-state index is 11.9. The monoisotopic (exact) mass is 285 g/mol. The molecule has 9 nitrogen and oxygen atoms in total. The fourth-order valence-corrected chi connectivity index (χ4v) is 1.77. The molecule has 4 amide bonds. The van der Waals surface area contributed by atoms with E-state index in [1.807, 2.05) is 0 Å². The zero-order valence-electron chi connectivity index (χ0n) is 11.5. The molecular weight excluding hydrogens is 266 g/mol. The molecule has 20 heavy (non-hydrogen) atoms. The smallest absolute Gasteiger partial charge is 0.244 e. The number of hydrogen-bond acceptors (Lipinski definition) is 5. The summed E-state index contributed by atoms with van der Waals surface area (Å²) in [5, 5.41) is 7.29. The average Bonchev–Trinajstić information content (AvgIpc) is 2.66. The fourth-order valence-electron chi connectivity index (χ4n) is 1.77. The summed E-state index contributed by atoms with van der Waals surface area (Å²) >= 11 is 0. The highest BCUT2D eigenvalue weighted by Crippen LogP contribution is 2.15. The Morgan fingerprint density at radius 1 is 1.25 bits per heavy atom. The van der Waals surface area contributed by atoms with Crippen molar-refractivity contribution < 1.29 is 19.2 Å². The van der Waals surface area contributed by atoms with E-state index in [0.717, 1.165) is 0 Å². The van der Waals surface area contributed by atoms with Gasteiger partial charge in [0, 0.05) is 0 Å². The van der Waals surface area contributed by atoms with Gasteiger partial charge in [0.2, 0.25) is 23.6 Å². The van der Waals surface area contributed by atoms with Crippen LogP contribution in [0.1, 0.15) is 13.8 Å². The molecule has 1 rings (SSSR count). The lowest BCUT2D eigenvalue weighted by molar-refractivity contribution is -0.136. The van der Waals surface area contributed by atoms with Crippen molar-refractivity contribution in [1.29, 1.82) is 0 Å². The molecule has 0 atom stereocenters. The van der Waals surface area contributed by atoms with Crippen LogP contribution in [0.3, 0.4) is 0 Å². The summed E-state index contributed by atoms with van der Waals surface area (Å²) in [6, 6.07) is 0. The third-order valence-corrected chi connectivity index (χ3v) is 2.79. The molecule has 1 aliphatic heterocycles. The molecule has 0 saturated carbocycles. The van der Waals surface area contributed by atoms with Crippen molar-refractivity contribution in [3.8, 4) is 0 Å².